The minimum Gasteiger partial charge on any atom is -0.396 e. The molecule has 0 spiro atoms. The van der Waals surface area contributed by atoms with E-state index in [9.17, 15) is 15.0 Å². The van der Waals surface area contributed by atoms with Crippen LogP contribution in [0.1, 0.15) is 61.9 Å². The topological polar surface area (TPSA) is 69.6 Å². The van der Waals surface area contributed by atoms with Crippen LogP contribution in [0.2, 0.25) is 0 Å². The smallest absolute Gasteiger partial charge is 0.251 e. The molecule has 2 rings (SSSR count). The van der Waals surface area contributed by atoms with Gasteiger partial charge >= 0.3 is 0 Å². The highest BCUT2D eigenvalue weighted by Crippen LogP contribution is 2.36. The lowest BCUT2D eigenvalue weighted by molar-refractivity contribution is 0.0714. The Morgan fingerprint density at radius 1 is 1.30 bits per heavy atom. The second kappa shape index (κ2) is 7.45. The summed E-state index contributed by atoms with van der Waals surface area (Å²) in [6.45, 7) is 4.26. The average molecular weight is 319 g/mol. The molecule has 1 aromatic rings. The Labute approximate surface area is 138 Å². The van der Waals surface area contributed by atoms with Gasteiger partial charge in [0.15, 0.2) is 0 Å². The molecule has 1 aromatic carbocycles. The third kappa shape index (κ3) is 5.33. The maximum absolute atomic E-state index is 12.4. The second-order valence-electron chi connectivity index (χ2n) is 7.56. The molecule has 0 aromatic heterocycles. The van der Waals surface area contributed by atoms with E-state index in [0.29, 0.717) is 18.5 Å². The lowest BCUT2D eigenvalue weighted by Gasteiger charge is -2.26. The summed E-state index contributed by atoms with van der Waals surface area (Å²) in [6.07, 6.45) is 5.62. The molecule has 0 bridgehead atoms. The lowest BCUT2D eigenvalue weighted by atomic mass is 9.87. The Morgan fingerprint density at radius 2 is 2.00 bits per heavy atom. The molecular weight excluding hydrogens is 290 g/mol. The molecular formula is C19H29NO3. The molecule has 0 unspecified atom stereocenters. The van der Waals surface area contributed by atoms with Gasteiger partial charge in [-0.3, -0.25) is 4.79 Å². The number of aliphatic hydroxyl groups is 2. The van der Waals surface area contributed by atoms with Crippen molar-refractivity contribution in [2.24, 2.45) is 5.41 Å². The standard InChI is InChI=1S/C19H29NO3/c1-18(2,23)11-8-15-6-5-7-16(12-15)17(22)20-13-19(14-21)9-3-4-10-19/h5-7,12,21,23H,3-4,8-11,13-14H2,1-2H3,(H,20,22). The highest BCUT2D eigenvalue weighted by atomic mass is 16.3. The van der Waals surface area contributed by atoms with Crippen LogP contribution < -0.4 is 5.32 Å². The molecule has 1 aliphatic carbocycles. The number of nitrogens with one attached hydrogen (secondary N) is 1. The highest BCUT2D eigenvalue weighted by molar-refractivity contribution is 5.94. The van der Waals surface area contributed by atoms with E-state index in [1.165, 1.54) is 0 Å². The molecule has 0 aliphatic heterocycles. The molecule has 1 fully saturated rings. The minimum atomic E-state index is -0.700. The van der Waals surface area contributed by atoms with E-state index in [1.807, 2.05) is 24.3 Å². The van der Waals surface area contributed by atoms with Crippen molar-refractivity contribution in [2.75, 3.05) is 13.2 Å². The quantitative estimate of drug-likeness (QED) is 0.724. The Morgan fingerprint density at radius 3 is 2.61 bits per heavy atom. The van der Waals surface area contributed by atoms with Crippen molar-refractivity contribution in [1.82, 2.24) is 5.32 Å². The van der Waals surface area contributed by atoms with Crippen LogP contribution in [0.4, 0.5) is 0 Å². The number of aryl methyl sites for hydroxylation is 1. The number of carbonyl (C=O) groups excluding carboxylic acids is 1. The number of hydrogen-bond donors (Lipinski definition) is 3. The third-order valence-corrected chi connectivity index (χ3v) is 4.84. The van der Waals surface area contributed by atoms with Gasteiger partial charge in [-0.2, -0.15) is 0 Å². The van der Waals surface area contributed by atoms with Gasteiger partial charge in [-0.15, -0.1) is 0 Å². The van der Waals surface area contributed by atoms with Crippen molar-refractivity contribution in [3.05, 3.63) is 35.4 Å². The SMILES string of the molecule is CC(C)(O)CCc1cccc(C(=O)NCC2(CO)CCCC2)c1. The van der Waals surface area contributed by atoms with Crippen LogP contribution in [0.25, 0.3) is 0 Å². The number of benzene rings is 1. The monoisotopic (exact) mass is 319 g/mol. The van der Waals surface area contributed by atoms with E-state index in [-0.39, 0.29) is 17.9 Å². The first-order valence-electron chi connectivity index (χ1n) is 8.54. The predicted molar refractivity (Wildman–Crippen MR) is 91.4 cm³/mol. The Hall–Kier alpha value is -1.39. The van der Waals surface area contributed by atoms with Gasteiger partial charge in [0.2, 0.25) is 0 Å². The van der Waals surface area contributed by atoms with Crippen LogP contribution in [0.5, 0.6) is 0 Å². The molecule has 1 amide bonds. The summed E-state index contributed by atoms with van der Waals surface area (Å²) in [4.78, 5) is 12.4. The van der Waals surface area contributed by atoms with Gasteiger partial charge in [0.05, 0.1) is 12.2 Å². The van der Waals surface area contributed by atoms with Crippen LogP contribution in [0, 0.1) is 5.41 Å². The van der Waals surface area contributed by atoms with E-state index >= 15 is 0 Å². The molecule has 0 heterocycles. The number of carbonyl (C=O) groups is 1. The molecule has 3 N–H and O–H groups in total. The summed E-state index contributed by atoms with van der Waals surface area (Å²) < 4.78 is 0. The van der Waals surface area contributed by atoms with Crippen molar-refractivity contribution in [3.8, 4) is 0 Å². The Bertz CT molecular complexity index is 528. The van der Waals surface area contributed by atoms with Crippen molar-refractivity contribution in [3.63, 3.8) is 0 Å². The maximum atomic E-state index is 12.4. The van der Waals surface area contributed by atoms with E-state index in [4.69, 9.17) is 0 Å². The zero-order chi connectivity index (χ0) is 16.9. The summed E-state index contributed by atoms with van der Waals surface area (Å²) in [6, 6.07) is 7.56. The van der Waals surface area contributed by atoms with Gasteiger partial charge in [0.25, 0.3) is 5.91 Å². The largest absolute Gasteiger partial charge is 0.396 e. The van der Waals surface area contributed by atoms with Gasteiger partial charge < -0.3 is 15.5 Å². The first-order chi connectivity index (χ1) is 10.8. The first kappa shape index (κ1) is 18.0. The molecule has 4 heteroatoms. The fourth-order valence-corrected chi connectivity index (χ4v) is 3.20. The minimum absolute atomic E-state index is 0.0881. The highest BCUT2D eigenvalue weighted by Gasteiger charge is 2.33. The number of amides is 1. The summed E-state index contributed by atoms with van der Waals surface area (Å²) in [5, 5.41) is 22.4. The van der Waals surface area contributed by atoms with Crippen molar-refractivity contribution in [2.45, 2.75) is 58.0 Å². The van der Waals surface area contributed by atoms with Gasteiger partial charge in [-0.1, -0.05) is 25.0 Å². The van der Waals surface area contributed by atoms with Gasteiger partial charge in [0, 0.05) is 17.5 Å². The zero-order valence-corrected chi connectivity index (χ0v) is 14.3. The van der Waals surface area contributed by atoms with E-state index in [0.717, 1.165) is 37.7 Å². The van der Waals surface area contributed by atoms with E-state index < -0.39 is 5.60 Å². The maximum Gasteiger partial charge on any atom is 0.251 e. The zero-order valence-electron chi connectivity index (χ0n) is 14.3. The lowest BCUT2D eigenvalue weighted by Crippen LogP contribution is -2.38. The molecule has 1 aliphatic rings. The third-order valence-electron chi connectivity index (χ3n) is 4.84. The van der Waals surface area contributed by atoms with Gasteiger partial charge in [0.1, 0.15) is 0 Å². The van der Waals surface area contributed by atoms with Gasteiger partial charge in [-0.25, -0.2) is 0 Å². The van der Waals surface area contributed by atoms with Crippen LogP contribution in [-0.2, 0) is 6.42 Å². The normalized spacial score (nSPS) is 17.2. The fourth-order valence-electron chi connectivity index (χ4n) is 3.20. The average Bonchev–Trinajstić information content (AvgIpc) is 3.00. The number of hydrogen-bond acceptors (Lipinski definition) is 3. The Balaban J connectivity index is 1.94. The van der Waals surface area contributed by atoms with Crippen LogP contribution in [-0.4, -0.2) is 34.9 Å². The Kier molecular flexibility index (Phi) is 5.82. The first-order valence-corrected chi connectivity index (χ1v) is 8.54. The van der Waals surface area contributed by atoms with Crippen molar-refractivity contribution in [1.29, 1.82) is 0 Å². The molecule has 128 valence electrons. The number of rotatable bonds is 7. The van der Waals surface area contributed by atoms with Crippen LogP contribution >= 0.6 is 0 Å². The van der Waals surface area contributed by atoms with E-state index in [2.05, 4.69) is 5.32 Å². The fraction of sp³-hybridized carbons (Fsp3) is 0.632. The predicted octanol–water partition coefficient (Wildman–Crippen LogP) is 2.67. The molecule has 0 atom stereocenters. The van der Waals surface area contributed by atoms with E-state index in [1.54, 1.807) is 13.8 Å². The van der Waals surface area contributed by atoms with Gasteiger partial charge in [-0.05, 0) is 57.2 Å². The molecule has 1 saturated carbocycles. The molecule has 0 radical (unpaired) electrons. The molecule has 0 saturated heterocycles. The van der Waals surface area contributed by atoms with Crippen LogP contribution in [0.3, 0.4) is 0 Å². The molecule has 4 nitrogen and oxygen atoms in total. The summed E-state index contributed by atoms with van der Waals surface area (Å²) in [5.74, 6) is -0.0881. The van der Waals surface area contributed by atoms with Crippen molar-refractivity contribution >= 4 is 5.91 Å². The van der Waals surface area contributed by atoms with Crippen molar-refractivity contribution < 1.29 is 15.0 Å². The van der Waals surface area contributed by atoms with Crippen LogP contribution in [0.15, 0.2) is 24.3 Å². The molecule has 23 heavy (non-hydrogen) atoms. The summed E-state index contributed by atoms with van der Waals surface area (Å²) >= 11 is 0. The summed E-state index contributed by atoms with van der Waals surface area (Å²) in [7, 11) is 0. The second-order valence-corrected chi connectivity index (χ2v) is 7.56. The number of aliphatic hydroxyl groups excluding tert-OH is 1. The summed E-state index contributed by atoms with van der Waals surface area (Å²) in [5.41, 5.74) is 0.865.